The van der Waals surface area contributed by atoms with Crippen molar-refractivity contribution in [3.63, 3.8) is 0 Å². The Kier molecular flexibility index (Phi) is 5.02. The van der Waals surface area contributed by atoms with Gasteiger partial charge in [0.1, 0.15) is 0 Å². The first-order chi connectivity index (χ1) is 4.43. The van der Waals surface area contributed by atoms with E-state index in [0.717, 1.165) is 5.69 Å². The normalized spacial score (nSPS) is 8.10. The maximum Gasteiger partial charge on any atom is 0.0683 e. The van der Waals surface area contributed by atoms with Gasteiger partial charge in [0.25, 0.3) is 0 Å². The SMILES string of the molecule is Cl.ClNNc1cccnc1. The molecule has 1 rings (SSSR count). The molecular formula is C5H7Cl2N3. The van der Waals surface area contributed by atoms with Crippen molar-refractivity contribution in [1.29, 1.82) is 0 Å². The largest absolute Gasteiger partial charge is 0.306 e. The molecule has 0 atom stereocenters. The van der Waals surface area contributed by atoms with E-state index < -0.39 is 0 Å². The molecule has 56 valence electrons. The van der Waals surface area contributed by atoms with Crippen LogP contribution < -0.4 is 10.4 Å². The first-order valence-electron chi connectivity index (χ1n) is 2.45. The van der Waals surface area contributed by atoms with E-state index >= 15 is 0 Å². The molecule has 3 nitrogen and oxygen atoms in total. The minimum absolute atomic E-state index is 0. The molecule has 0 unspecified atom stereocenters. The number of rotatable bonds is 2. The van der Waals surface area contributed by atoms with Crippen LogP contribution in [0.5, 0.6) is 0 Å². The van der Waals surface area contributed by atoms with Gasteiger partial charge in [0.15, 0.2) is 0 Å². The zero-order chi connectivity index (χ0) is 6.53. The van der Waals surface area contributed by atoms with Gasteiger partial charge in [-0.2, -0.15) is 0 Å². The fourth-order valence-corrected chi connectivity index (χ4v) is 0.600. The van der Waals surface area contributed by atoms with Crippen molar-refractivity contribution in [2.75, 3.05) is 5.43 Å². The van der Waals surface area contributed by atoms with Crippen LogP contribution in [0.15, 0.2) is 24.5 Å². The van der Waals surface area contributed by atoms with Crippen molar-refractivity contribution in [3.05, 3.63) is 24.5 Å². The second kappa shape index (κ2) is 5.29. The molecule has 0 amide bonds. The summed E-state index contributed by atoms with van der Waals surface area (Å²) in [6, 6.07) is 3.67. The Labute approximate surface area is 70.3 Å². The summed E-state index contributed by atoms with van der Waals surface area (Å²) in [7, 11) is 0. The van der Waals surface area contributed by atoms with Gasteiger partial charge in [0.05, 0.1) is 11.9 Å². The third-order valence-electron chi connectivity index (χ3n) is 0.853. The average Bonchev–Trinajstić information content (AvgIpc) is 1.91. The van der Waals surface area contributed by atoms with Crippen LogP contribution >= 0.6 is 24.2 Å². The zero-order valence-electron chi connectivity index (χ0n) is 5.04. The van der Waals surface area contributed by atoms with E-state index in [0.29, 0.717) is 0 Å². The average molecular weight is 180 g/mol. The number of halogens is 2. The maximum atomic E-state index is 5.15. The van der Waals surface area contributed by atoms with Crippen LogP contribution in [0.25, 0.3) is 0 Å². The highest BCUT2D eigenvalue weighted by molar-refractivity contribution is 6.13. The maximum absolute atomic E-state index is 5.15. The molecule has 0 radical (unpaired) electrons. The number of nitrogens with one attached hydrogen (secondary N) is 2. The number of pyridine rings is 1. The molecule has 0 aromatic carbocycles. The first kappa shape index (κ1) is 9.49. The Morgan fingerprint density at radius 2 is 2.30 bits per heavy atom. The molecule has 0 aliphatic carbocycles. The van der Waals surface area contributed by atoms with Crippen molar-refractivity contribution in [3.8, 4) is 0 Å². The summed E-state index contributed by atoms with van der Waals surface area (Å²) < 4.78 is 0. The van der Waals surface area contributed by atoms with E-state index in [9.17, 15) is 0 Å². The molecular weight excluding hydrogens is 173 g/mol. The second-order valence-electron chi connectivity index (χ2n) is 1.46. The molecule has 1 heterocycles. The van der Waals surface area contributed by atoms with Gasteiger partial charge in [-0.3, -0.25) is 4.98 Å². The lowest BCUT2D eigenvalue weighted by atomic mass is 10.4. The zero-order valence-corrected chi connectivity index (χ0v) is 6.62. The summed E-state index contributed by atoms with van der Waals surface area (Å²) in [6.45, 7) is 0. The molecule has 10 heavy (non-hydrogen) atoms. The Morgan fingerprint density at radius 3 is 2.80 bits per heavy atom. The number of hydrogen-bond acceptors (Lipinski definition) is 3. The molecule has 0 fully saturated rings. The standard InChI is InChI=1S/C5H6ClN3.ClH/c6-9-8-5-2-1-3-7-4-5;/h1-4,8-9H;1H. The lowest BCUT2D eigenvalue weighted by Crippen LogP contribution is -2.08. The number of anilines is 1. The number of nitrogens with zero attached hydrogens (tertiary/aromatic N) is 1. The van der Waals surface area contributed by atoms with Gasteiger partial charge < -0.3 is 5.43 Å². The molecule has 2 N–H and O–H groups in total. The first-order valence-corrected chi connectivity index (χ1v) is 2.83. The van der Waals surface area contributed by atoms with Crippen molar-refractivity contribution in [2.45, 2.75) is 0 Å². The van der Waals surface area contributed by atoms with Crippen LogP contribution in [-0.4, -0.2) is 4.98 Å². The highest BCUT2D eigenvalue weighted by atomic mass is 35.5. The molecule has 0 saturated carbocycles. The predicted molar refractivity (Wildman–Crippen MR) is 44.1 cm³/mol. The summed E-state index contributed by atoms with van der Waals surface area (Å²) in [6.07, 6.45) is 3.36. The summed E-state index contributed by atoms with van der Waals surface area (Å²) in [5.41, 5.74) is 3.50. The smallest absolute Gasteiger partial charge is 0.0683 e. The summed E-state index contributed by atoms with van der Waals surface area (Å²) >= 11 is 5.15. The highest BCUT2D eigenvalue weighted by Crippen LogP contribution is 1.99. The van der Waals surface area contributed by atoms with Crippen LogP contribution in [0.4, 0.5) is 5.69 Å². The van der Waals surface area contributed by atoms with Gasteiger partial charge in [-0.1, -0.05) is 0 Å². The van der Waals surface area contributed by atoms with Gasteiger partial charge in [0, 0.05) is 6.20 Å². The van der Waals surface area contributed by atoms with Gasteiger partial charge in [-0.05, 0) is 23.9 Å². The van der Waals surface area contributed by atoms with Crippen LogP contribution in [0.1, 0.15) is 0 Å². The van der Waals surface area contributed by atoms with Crippen molar-refractivity contribution < 1.29 is 0 Å². The van der Waals surface area contributed by atoms with E-state index in [1.54, 1.807) is 12.4 Å². The summed E-state index contributed by atoms with van der Waals surface area (Å²) in [5, 5.41) is 0. The predicted octanol–water partition coefficient (Wildman–Crippen LogP) is 1.57. The minimum Gasteiger partial charge on any atom is -0.306 e. The fourth-order valence-electron chi connectivity index (χ4n) is 0.491. The number of aromatic nitrogens is 1. The lowest BCUT2D eigenvalue weighted by molar-refractivity contribution is 1.18. The van der Waals surface area contributed by atoms with E-state index in [1.165, 1.54) is 0 Å². The molecule has 0 aliphatic rings. The van der Waals surface area contributed by atoms with Crippen molar-refractivity contribution in [1.82, 2.24) is 9.93 Å². The Hall–Kier alpha value is -0.510. The molecule has 1 aromatic rings. The Bertz CT molecular complexity index is 168. The summed E-state index contributed by atoms with van der Waals surface area (Å²) in [4.78, 5) is 6.11. The highest BCUT2D eigenvalue weighted by Gasteiger charge is 1.83. The molecule has 0 aliphatic heterocycles. The summed E-state index contributed by atoms with van der Waals surface area (Å²) in [5.74, 6) is 0. The van der Waals surface area contributed by atoms with Crippen LogP contribution in [-0.2, 0) is 0 Å². The lowest BCUT2D eigenvalue weighted by Gasteiger charge is -1.97. The van der Waals surface area contributed by atoms with Crippen molar-refractivity contribution >= 4 is 29.9 Å². The molecule has 0 saturated heterocycles. The van der Waals surface area contributed by atoms with E-state index in [4.69, 9.17) is 11.8 Å². The topological polar surface area (TPSA) is 37.0 Å². The Balaban J connectivity index is 0.000000810. The molecule has 5 heteroatoms. The van der Waals surface area contributed by atoms with Crippen LogP contribution in [0.3, 0.4) is 0 Å². The van der Waals surface area contributed by atoms with Gasteiger partial charge >= 0.3 is 0 Å². The number of hydrazine groups is 1. The van der Waals surface area contributed by atoms with E-state index in [1.807, 2.05) is 12.1 Å². The van der Waals surface area contributed by atoms with Crippen LogP contribution in [0.2, 0.25) is 0 Å². The monoisotopic (exact) mass is 179 g/mol. The molecule has 0 spiro atoms. The third-order valence-corrected chi connectivity index (χ3v) is 0.948. The van der Waals surface area contributed by atoms with Crippen LogP contribution in [0, 0.1) is 0 Å². The van der Waals surface area contributed by atoms with Gasteiger partial charge in [-0.15, -0.1) is 17.4 Å². The molecule has 1 aromatic heterocycles. The third kappa shape index (κ3) is 2.87. The minimum atomic E-state index is 0. The molecule has 0 bridgehead atoms. The quantitative estimate of drug-likeness (QED) is 0.535. The van der Waals surface area contributed by atoms with Gasteiger partial charge in [-0.25, -0.2) is 0 Å². The Morgan fingerprint density at radius 1 is 1.50 bits per heavy atom. The van der Waals surface area contributed by atoms with E-state index in [2.05, 4.69) is 15.4 Å². The van der Waals surface area contributed by atoms with Crippen molar-refractivity contribution in [2.24, 2.45) is 0 Å². The number of hydrogen-bond donors (Lipinski definition) is 2. The van der Waals surface area contributed by atoms with Gasteiger partial charge in [0.2, 0.25) is 0 Å². The fraction of sp³-hybridized carbons (Fsp3) is 0. The second-order valence-corrected chi connectivity index (χ2v) is 1.65. The van der Waals surface area contributed by atoms with E-state index in [-0.39, 0.29) is 12.4 Å².